The monoisotopic (exact) mass is 656 g/mol. The van der Waals surface area contributed by atoms with Crippen LogP contribution in [0.15, 0.2) is 91.0 Å². The van der Waals surface area contributed by atoms with Gasteiger partial charge in [0.05, 0.1) is 0 Å². The molecule has 4 nitrogen and oxygen atoms in total. The highest BCUT2D eigenvalue weighted by atomic mass is 35.5. The molecule has 0 radical (unpaired) electrons. The summed E-state index contributed by atoms with van der Waals surface area (Å²) in [6.45, 7) is 6.77. The molecule has 4 aromatic carbocycles. The molecule has 0 saturated carbocycles. The highest BCUT2D eigenvalue weighted by Gasteiger charge is 2.44. The zero-order valence-electron chi connectivity index (χ0n) is 25.5. The van der Waals surface area contributed by atoms with Gasteiger partial charge in [-0.15, -0.1) is 0 Å². The molecule has 45 heavy (non-hydrogen) atoms. The Labute approximate surface area is 282 Å². The number of fused-ring (bicyclic) bond motifs is 1. The van der Waals surface area contributed by atoms with Gasteiger partial charge in [0.2, 0.25) is 0 Å². The molecule has 0 bridgehead atoms. The van der Waals surface area contributed by atoms with Crippen LogP contribution in [0.2, 0.25) is 15.1 Å². The van der Waals surface area contributed by atoms with Gasteiger partial charge in [-0.05, 0) is 116 Å². The lowest BCUT2D eigenvalue weighted by molar-refractivity contribution is 0.331. The summed E-state index contributed by atoms with van der Waals surface area (Å²) in [5.74, 6) is 0. The van der Waals surface area contributed by atoms with Crippen molar-refractivity contribution in [1.82, 2.24) is 9.80 Å². The van der Waals surface area contributed by atoms with Crippen LogP contribution in [0.4, 0.5) is 5.69 Å². The second-order valence-corrected chi connectivity index (χ2v) is 13.8. The van der Waals surface area contributed by atoms with Gasteiger partial charge in [-0.3, -0.25) is 9.80 Å². The number of hydrogen-bond acceptors (Lipinski definition) is 4. The first kappa shape index (κ1) is 30.7. The van der Waals surface area contributed by atoms with Gasteiger partial charge in [0, 0.05) is 51.7 Å². The molecule has 2 fully saturated rings. The van der Waals surface area contributed by atoms with Crippen molar-refractivity contribution in [2.75, 3.05) is 37.6 Å². The van der Waals surface area contributed by atoms with Crippen molar-refractivity contribution < 1.29 is 0 Å². The van der Waals surface area contributed by atoms with Gasteiger partial charge in [-0.25, -0.2) is 0 Å². The van der Waals surface area contributed by atoms with Crippen molar-refractivity contribution in [1.29, 1.82) is 0 Å². The quantitative estimate of drug-likeness (QED) is 0.192. The van der Waals surface area contributed by atoms with Crippen molar-refractivity contribution >= 4 is 46.2 Å². The Kier molecular flexibility index (Phi) is 8.87. The molecule has 7 rings (SSSR count). The average molecular weight is 658 g/mol. The van der Waals surface area contributed by atoms with E-state index in [9.17, 15) is 0 Å². The number of likely N-dealkylation sites (tertiary alicyclic amines) is 2. The highest BCUT2D eigenvalue weighted by Crippen LogP contribution is 2.49. The Morgan fingerprint density at radius 3 is 1.71 bits per heavy atom. The minimum Gasteiger partial charge on any atom is -0.398 e. The molecule has 2 saturated heterocycles. The second-order valence-electron chi connectivity index (χ2n) is 12.6. The van der Waals surface area contributed by atoms with Gasteiger partial charge in [0.1, 0.15) is 5.54 Å². The minimum atomic E-state index is -0.788. The predicted octanol–water partition coefficient (Wildman–Crippen LogP) is 8.95. The fraction of sp³-hybridized carbons (Fsp3) is 0.316. The molecule has 0 spiro atoms. The molecule has 0 aliphatic carbocycles. The second kappa shape index (κ2) is 13.0. The number of hydrogen-bond donors (Lipinski definition) is 1. The van der Waals surface area contributed by atoms with Crippen LogP contribution in [0.3, 0.4) is 0 Å². The first-order valence-corrected chi connectivity index (χ1v) is 17.2. The SMILES string of the molecule is NC1=CCN(C(c2ccccc2)(c2ccc(CN3CCCC3)c(Cl)c2)c2ccc(CN3CCCC3)c(Cl)c2)c2cc(Cl)ccc21. The van der Waals surface area contributed by atoms with E-state index in [0.29, 0.717) is 11.6 Å². The molecule has 7 heteroatoms. The zero-order chi connectivity index (χ0) is 31.0. The first-order chi connectivity index (χ1) is 21.9. The van der Waals surface area contributed by atoms with E-state index in [1.807, 2.05) is 18.2 Å². The van der Waals surface area contributed by atoms with Crippen molar-refractivity contribution in [2.45, 2.75) is 44.3 Å². The Hall–Kier alpha value is -2.99. The normalized spacial score (nSPS) is 17.5. The molecule has 2 N–H and O–H groups in total. The molecule has 3 heterocycles. The fourth-order valence-corrected chi connectivity index (χ4v) is 8.15. The molecule has 0 aromatic heterocycles. The van der Waals surface area contributed by atoms with Crippen molar-refractivity contribution in [3.8, 4) is 0 Å². The van der Waals surface area contributed by atoms with Gasteiger partial charge in [0.15, 0.2) is 0 Å². The van der Waals surface area contributed by atoms with Crippen molar-refractivity contribution in [3.05, 3.63) is 139 Å². The summed E-state index contributed by atoms with van der Waals surface area (Å²) in [4.78, 5) is 7.39. The van der Waals surface area contributed by atoms with Gasteiger partial charge in [-0.2, -0.15) is 0 Å². The van der Waals surface area contributed by atoms with Gasteiger partial charge < -0.3 is 10.6 Å². The summed E-state index contributed by atoms with van der Waals surface area (Å²) in [6.07, 6.45) is 7.08. The smallest absolute Gasteiger partial charge is 0.117 e. The van der Waals surface area contributed by atoms with E-state index in [1.165, 1.54) is 25.7 Å². The molecule has 0 amide bonds. The summed E-state index contributed by atoms with van der Waals surface area (Å²) in [7, 11) is 0. The van der Waals surface area contributed by atoms with Crippen LogP contribution >= 0.6 is 34.8 Å². The molecule has 3 aliphatic rings. The van der Waals surface area contributed by atoms with E-state index < -0.39 is 5.54 Å². The summed E-state index contributed by atoms with van der Waals surface area (Å²) in [5.41, 5.74) is 14.0. The summed E-state index contributed by atoms with van der Waals surface area (Å²) < 4.78 is 0. The Bertz CT molecular complexity index is 1640. The molecule has 4 aromatic rings. The zero-order valence-corrected chi connectivity index (χ0v) is 27.8. The summed E-state index contributed by atoms with van der Waals surface area (Å²) in [6, 6.07) is 29.9. The topological polar surface area (TPSA) is 35.7 Å². The van der Waals surface area contributed by atoms with Crippen LogP contribution < -0.4 is 10.6 Å². The molecular weight excluding hydrogens is 619 g/mol. The maximum absolute atomic E-state index is 7.20. The number of halogens is 3. The standard InChI is InChI=1S/C38H39Cl3N4/c39-32-14-15-33-36(42)16-21-45(37(33)24-32)38(29-8-2-1-3-9-29,30-12-10-27(34(40)22-30)25-43-17-4-5-18-43)31-13-11-28(35(41)23-31)26-44-19-6-7-20-44/h1-3,8-16,22-24H,4-7,17-21,25-26,42H2. The van der Waals surface area contributed by atoms with Gasteiger partial charge in [0.25, 0.3) is 0 Å². The molecule has 0 unspecified atom stereocenters. The summed E-state index contributed by atoms with van der Waals surface area (Å²) in [5, 5.41) is 2.21. The van der Waals surface area contributed by atoms with E-state index in [-0.39, 0.29) is 0 Å². The third kappa shape index (κ3) is 5.88. The van der Waals surface area contributed by atoms with E-state index in [0.717, 1.165) is 94.1 Å². The van der Waals surface area contributed by atoms with E-state index >= 15 is 0 Å². The number of anilines is 1. The lowest BCUT2D eigenvalue weighted by Crippen LogP contribution is -2.50. The first-order valence-electron chi connectivity index (χ1n) is 16.0. The van der Waals surface area contributed by atoms with Gasteiger partial charge in [-0.1, -0.05) is 89.4 Å². The number of rotatable bonds is 8. The lowest BCUT2D eigenvalue weighted by atomic mass is 9.74. The van der Waals surface area contributed by atoms with Crippen LogP contribution in [-0.2, 0) is 18.6 Å². The maximum atomic E-state index is 7.20. The average Bonchev–Trinajstić information content (AvgIpc) is 3.76. The third-order valence-electron chi connectivity index (χ3n) is 9.78. The van der Waals surface area contributed by atoms with Crippen molar-refractivity contribution in [2.24, 2.45) is 5.73 Å². The number of nitrogens with two attached hydrogens (primary N) is 1. The van der Waals surface area contributed by atoms with E-state index in [1.54, 1.807) is 0 Å². The van der Waals surface area contributed by atoms with E-state index in [4.69, 9.17) is 40.5 Å². The highest BCUT2D eigenvalue weighted by molar-refractivity contribution is 6.32. The Morgan fingerprint density at radius 2 is 1.18 bits per heavy atom. The molecule has 3 aliphatic heterocycles. The van der Waals surface area contributed by atoms with Crippen LogP contribution in [0.25, 0.3) is 5.70 Å². The predicted molar refractivity (Wildman–Crippen MR) is 189 cm³/mol. The minimum absolute atomic E-state index is 0.578. The fourth-order valence-electron chi connectivity index (χ4n) is 7.50. The van der Waals surface area contributed by atoms with Crippen molar-refractivity contribution in [3.63, 3.8) is 0 Å². The lowest BCUT2D eigenvalue weighted by Gasteiger charge is -2.48. The van der Waals surface area contributed by atoms with Crippen LogP contribution in [0.1, 0.15) is 59.1 Å². The summed E-state index contributed by atoms with van der Waals surface area (Å²) >= 11 is 21.1. The maximum Gasteiger partial charge on any atom is 0.117 e. The van der Waals surface area contributed by atoms with Crippen LogP contribution in [0.5, 0.6) is 0 Å². The van der Waals surface area contributed by atoms with E-state index in [2.05, 4.69) is 87.5 Å². The van der Waals surface area contributed by atoms with Gasteiger partial charge >= 0.3 is 0 Å². The largest absolute Gasteiger partial charge is 0.398 e. The number of benzene rings is 4. The molecule has 232 valence electrons. The molecular formula is C38H39Cl3N4. The molecule has 0 atom stereocenters. The number of nitrogens with zero attached hydrogens (tertiary/aromatic N) is 3. The third-order valence-corrected chi connectivity index (χ3v) is 10.7. The van der Waals surface area contributed by atoms with Crippen LogP contribution in [-0.4, -0.2) is 42.5 Å². The Balaban J connectivity index is 1.45. The van der Waals surface area contributed by atoms with Crippen LogP contribution in [0, 0.1) is 0 Å². The Morgan fingerprint density at radius 1 is 0.622 bits per heavy atom.